The van der Waals surface area contributed by atoms with Gasteiger partial charge in [-0.25, -0.2) is 0 Å². The van der Waals surface area contributed by atoms with Gasteiger partial charge in [-0.15, -0.1) is 0 Å². The summed E-state index contributed by atoms with van der Waals surface area (Å²) in [6.45, 7) is 3.27. The zero-order chi connectivity index (χ0) is 11.7. The minimum atomic E-state index is 0.525. The van der Waals surface area contributed by atoms with E-state index in [2.05, 4.69) is 11.8 Å². The molecule has 0 bridgehead atoms. The van der Waals surface area contributed by atoms with Crippen LogP contribution in [0.3, 0.4) is 0 Å². The van der Waals surface area contributed by atoms with Crippen molar-refractivity contribution in [3.05, 3.63) is 17.2 Å². The first kappa shape index (κ1) is 11.4. The SMILES string of the molecule is C[C@H]1CCCCN1c1cc(N)c(Cl)cc1N. The Morgan fingerprint density at radius 1 is 1.25 bits per heavy atom. The molecule has 1 aromatic carbocycles. The Kier molecular flexibility index (Phi) is 3.15. The minimum Gasteiger partial charge on any atom is -0.397 e. The molecule has 1 aliphatic heterocycles. The normalized spacial score (nSPS) is 21.1. The van der Waals surface area contributed by atoms with Gasteiger partial charge in [0.05, 0.1) is 22.1 Å². The molecule has 1 aromatic rings. The number of nitrogen functional groups attached to an aromatic ring is 2. The number of nitrogens with zero attached hydrogens (tertiary/aromatic N) is 1. The summed E-state index contributed by atoms with van der Waals surface area (Å²) in [5, 5.41) is 0.533. The Hall–Kier alpha value is -1.09. The molecule has 1 atom stereocenters. The van der Waals surface area contributed by atoms with Gasteiger partial charge in [-0.1, -0.05) is 11.6 Å². The van der Waals surface area contributed by atoms with E-state index in [1.807, 2.05) is 6.07 Å². The number of hydrogen-bond acceptors (Lipinski definition) is 3. The second-order valence-corrected chi connectivity index (χ2v) is 4.88. The maximum atomic E-state index is 6.00. The number of nitrogens with two attached hydrogens (primary N) is 2. The minimum absolute atomic E-state index is 0.525. The molecule has 2 rings (SSSR count). The lowest BCUT2D eigenvalue weighted by atomic mass is 10.0. The molecule has 1 fully saturated rings. The van der Waals surface area contributed by atoms with Gasteiger partial charge in [-0.05, 0) is 38.3 Å². The summed E-state index contributed by atoms with van der Waals surface area (Å²) in [5.41, 5.74) is 14.2. The molecule has 0 spiro atoms. The molecule has 16 heavy (non-hydrogen) atoms. The molecule has 0 aromatic heterocycles. The Morgan fingerprint density at radius 2 is 2.00 bits per heavy atom. The van der Waals surface area contributed by atoms with Crippen LogP contribution in [-0.2, 0) is 0 Å². The molecule has 0 aliphatic carbocycles. The second-order valence-electron chi connectivity index (χ2n) is 4.47. The van der Waals surface area contributed by atoms with E-state index in [9.17, 15) is 0 Å². The maximum absolute atomic E-state index is 6.00. The highest BCUT2D eigenvalue weighted by atomic mass is 35.5. The number of benzene rings is 1. The van der Waals surface area contributed by atoms with Gasteiger partial charge in [0, 0.05) is 12.6 Å². The van der Waals surface area contributed by atoms with Crippen LogP contribution >= 0.6 is 11.6 Å². The van der Waals surface area contributed by atoms with Crippen molar-refractivity contribution in [2.24, 2.45) is 0 Å². The van der Waals surface area contributed by atoms with Crippen molar-refractivity contribution < 1.29 is 0 Å². The van der Waals surface area contributed by atoms with Gasteiger partial charge in [0.25, 0.3) is 0 Å². The van der Waals surface area contributed by atoms with Crippen molar-refractivity contribution in [3.8, 4) is 0 Å². The predicted molar refractivity (Wildman–Crippen MR) is 70.9 cm³/mol. The van der Waals surface area contributed by atoms with Crippen molar-refractivity contribution in [1.29, 1.82) is 0 Å². The molecule has 0 amide bonds. The molecule has 4 N–H and O–H groups in total. The molecular formula is C12H18ClN3. The monoisotopic (exact) mass is 239 g/mol. The molecule has 1 heterocycles. The number of halogens is 1. The van der Waals surface area contributed by atoms with Crippen LogP contribution in [0.2, 0.25) is 5.02 Å². The summed E-state index contributed by atoms with van der Waals surface area (Å²) in [7, 11) is 0. The van der Waals surface area contributed by atoms with Gasteiger partial charge in [0.1, 0.15) is 0 Å². The molecule has 0 unspecified atom stereocenters. The summed E-state index contributed by atoms with van der Waals surface area (Å²) in [6, 6.07) is 4.16. The smallest absolute Gasteiger partial charge is 0.0657 e. The van der Waals surface area contributed by atoms with E-state index < -0.39 is 0 Å². The van der Waals surface area contributed by atoms with Gasteiger partial charge in [-0.2, -0.15) is 0 Å². The summed E-state index contributed by atoms with van der Waals surface area (Å²) < 4.78 is 0. The standard InChI is InChI=1S/C12H18ClN3/c1-8-4-2-3-5-16(8)12-7-10(14)9(13)6-11(12)15/h6-8H,2-5,14-15H2,1H3/t8-/m0/s1. The first-order chi connectivity index (χ1) is 7.59. The summed E-state index contributed by atoms with van der Waals surface area (Å²) in [6.07, 6.45) is 3.72. The lowest BCUT2D eigenvalue weighted by Gasteiger charge is -2.36. The van der Waals surface area contributed by atoms with Crippen molar-refractivity contribution in [2.75, 3.05) is 22.9 Å². The van der Waals surface area contributed by atoms with Crippen LogP contribution < -0.4 is 16.4 Å². The lowest BCUT2D eigenvalue weighted by Crippen LogP contribution is -2.37. The fourth-order valence-electron chi connectivity index (χ4n) is 2.30. The van der Waals surface area contributed by atoms with E-state index in [1.54, 1.807) is 6.07 Å². The highest BCUT2D eigenvalue weighted by Crippen LogP contribution is 2.34. The molecule has 88 valence electrons. The number of hydrogen-bond donors (Lipinski definition) is 2. The first-order valence-electron chi connectivity index (χ1n) is 5.70. The van der Waals surface area contributed by atoms with Gasteiger partial charge in [0.2, 0.25) is 0 Å². The molecule has 4 heteroatoms. The Labute approximate surface area is 101 Å². The lowest BCUT2D eigenvalue weighted by molar-refractivity contribution is 0.485. The quantitative estimate of drug-likeness (QED) is 0.741. The second kappa shape index (κ2) is 4.42. The Bertz CT molecular complexity index is 392. The van der Waals surface area contributed by atoms with E-state index in [0.717, 1.165) is 12.2 Å². The van der Waals surface area contributed by atoms with E-state index in [0.29, 0.717) is 22.4 Å². The predicted octanol–water partition coefficient (Wildman–Crippen LogP) is 2.88. The van der Waals surface area contributed by atoms with Crippen LogP contribution in [0, 0.1) is 0 Å². The van der Waals surface area contributed by atoms with Crippen LogP contribution in [0.1, 0.15) is 26.2 Å². The van der Waals surface area contributed by atoms with E-state index >= 15 is 0 Å². The van der Waals surface area contributed by atoms with Crippen molar-refractivity contribution in [1.82, 2.24) is 0 Å². The van der Waals surface area contributed by atoms with Crippen LogP contribution in [0.4, 0.5) is 17.1 Å². The zero-order valence-electron chi connectivity index (χ0n) is 9.54. The highest BCUT2D eigenvalue weighted by molar-refractivity contribution is 6.33. The number of anilines is 3. The van der Waals surface area contributed by atoms with Crippen LogP contribution in [-0.4, -0.2) is 12.6 Å². The maximum Gasteiger partial charge on any atom is 0.0657 e. The van der Waals surface area contributed by atoms with Crippen LogP contribution in [0.5, 0.6) is 0 Å². The van der Waals surface area contributed by atoms with Crippen molar-refractivity contribution >= 4 is 28.7 Å². The average Bonchev–Trinajstić information content (AvgIpc) is 2.25. The fourth-order valence-corrected chi connectivity index (χ4v) is 2.47. The van der Waals surface area contributed by atoms with Crippen LogP contribution in [0.25, 0.3) is 0 Å². The number of piperidine rings is 1. The van der Waals surface area contributed by atoms with Gasteiger partial charge >= 0.3 is 0 Å². The molecule has 1 saturated heterocycles. The molecule has 0 radical (unpaired) electrons. The van der Waals surface area contributed by atoms with Crippen molar-refractivity contribution in [2.45, 2.75) is 32.2 Å². The van der Waals surface area contributed by atoms with Gasteiger partial charge in [-0.3, -0.25) is 0 Å². The molecule has 1 aliphatic rings. The van der Waals surface area contributed by atoms with Gasteiger partial charge < -0.3 is 16.4 Å². The van der Waals surface area contributed by atoms with Gasteiger partial charge in [0.15, 0.2) is 0 Å². The van der Waals surface area contributed by atoms with Crippen molar-refractivity contribution in [3.63, 3.8) is 0 Å². The molecule has 0 saturated carbocycles. The summed E-state index contributed by atoms with van der Waals surface area (Å²) >= 11 is 5.94. The fraction of sp³-hybridized carbons (Fsp3) is 0.500. The largest absolute Gasteiger partial charge is 0.397 e. The highest BCUT2D eigenvalue weighted by Gasteiger charge is 2.20. The first-order valence-corrected chi connectivity index (χ1v) is 6.08. The summed E-state index contributed by atoms with van der Waals surface area (Å²) in [5.74, 6) is 0. The van der Waals surface area contributed by atoms with Crippen LogP contribution in [0.15, 0.2) is 12.1 Å². The Morgan fingerprint density at radius 3 is 2.69 bits per heavy atom. The molecular weight excluding hydrogens is 222 g/mol. The summed E-state index contributed by atoms with van der Waals surface area (Å²) in [4.78, 5) is 2.32. The average molecular weight is 240 g/mol. The third-order valence-electron chi connectivity index (χ3n) is 3.26. The Balaban J connectivity index is 2.35. The third kappa shape index (κ3) is 2.05. The topological polar surface area (TPSA) is 55.3 Å². The molecule has 3 nitrogen and oxygen atoms in total. The number of rotatable bonds is 1. The van der Waals surface area contributed by atoms with E-state index in [1.165, 1.54) is 19.3 Å². The third-order valence-corrected chi connectivity index (χ3v) is 3.59. The zero-order valence-corrected chi connectivity index (χ0v) is 10.3. The van der Waals surface area contributed by atoms with E-state index in [-0.39, 0.29) is 0 Å². The van der Waals surface area contributed by atoms with E-state index in [4.69, 9.17) is 23.1 Å².